The van der Waals surface area contributed by atoms with Gasteiger partial charge in [0.15, 0.2) is 5.78 Å². The molecule has 5 heteroatoms. The van der Waals surface area contributed by atoms with Gasteiger partial charge in [0.25, 0.3) is 0 Å². The van der Waals surface area contributed by atoms with Crippen molar-refractivity contribution in [2.45, 2.75) is 19.9 Å². The van der Waals surface area contributed by atoms with Gasteiger partial charge >= 0.3 is 6.92 Å². The third kappa shape index (κ3) is 6.29. The molecule has 2 aromatic rings. The van der Waals surface area contributed by atoms with E-state index in [-0.39, 0.29) is 93.0 Å². The maximum atomic E-state index is 12.2. The van der Waals surface area contributed by atoms with E-state index in [2.05, 4.69) is 19.0 Å². The van der Waals surface area contributed by atoms with Crippen LogP contribution in [0.4, 0.5) is 0 Å². The minimum atomic E-state index is 0. The minimum Gasteiger partial charge on any atom is -0.427 e. The van der Waals surface area contributed by atoms with Gasteiger partial charge in [-0.15, -0.1) is 0 Å². The first-order valence-electron chi connectivity index (χ1n) is 6.55. The molecule has 116 valence electrons. The summed E-state index contributed by atoms with van der Waals surface area (Å²) in [6, 6.07) is 15.6. The average Bonchev–Trinajstić information content (AvgIpc) is 2.81. The number of fused-ring (bicyclic) bond motifs is 1. The van der Waals surface area contributed by atoms with E-state index >= 15 is 0 Å². The fraction of sp³-hybridized carbons (Fsp3) is 0.167. The van der Waals surface area contributed by atoms with Gasteiger partial charge in [0.1, 0.15) is 0 Å². The molecule has 0 atom stereocenters. The first-order chi connectivity index (χ1) is 9.24. The Morgan fingerprint density at radius 1 is 1.09 bits per heavy atom. The summed E-state index contributed by atoms with van der Waals surface area (Å²) in [5.74, 6) is 0.159. The molecule has 0 saturated heterocycles. The van der Waals surface area contributed by atoms with E-state index in [4.69, 9.17) is 4.65 Å². The van der Waals surface area contributed by atoms with Crippen LogP contribution in [-0.2, 0) is 83.1 Å². The molecule has 0 saturated carbocycles. The van der Waals surface area contributed by atoms with Crippen molar-refractivity contribution in [2.75, 3.05) is 0 Å². The molecule has 1 aliphatic heterocycles. The minimum absolute atomic E-state index is 0. The van der Waals surface area contributed by atoms with Crippen molar-refractivity contribution >= 4 is 18.2 Å². The molecule has 0 bridgehead atoms. The molecular formula is C18H21BO2Y2-2. The zero-order chi connectivity index (χ0) is 13.2. The molecule has 1 heterocycles. The summed E-state index contributed by atoms with van der Waals surface area (Å²) < 4.78 is 5.58. The van der Waals surface area contributed by atoms with Crippen LogP contribution in [0.5, 0.6) is 0 Å². The number of rotatable bonds is 3. The fourth-order valence-corrected chi connectivity index (χ4v) is 2.48. The van der Waals surface area contributed by atoms with E-state index in [1.165, 1.54) is 11.0 Å². The van der Waals surface area contributed by atoms with E-state index in [1.54, 1.807) is 0 Å². The Morgan fingerprint density at radius 2 is 1.74 bits per heavy atom. The predicted octanol–water partition coefficient (Wildman–Crippen LogP) is 3.37. The molecule has 0 fully saturated rings. The topological polar surface area (TPSA) is 26.3 Å². The molecular weight excluding hydrogens is 437 g/mol. The van der Waals surface area contributed by atoms with E-state index in [0.29, 0.717) is 13.0 Å². The third-order valence-corrected chi connectivity index (χ3v) is 3.60. The Morgan fingerprint density at radius 3 is 2.39 bits per heavy atom. The van der Waals surface area contributed by atoms with Crippen molar-refractivity contribution in [3.63, 3.8) is 0 Å². The molecule has 2 nitrogen and oxygen atoms in total. The molecule has 23 heavy (non-hydrogen) atoms. The number of hydrogen-bond donors (Lipinski definition) is 0. The quantitative estimate of drug-likeness (QED) is 0.401. The number of ketones is 1. The first kappa shape index (κ1) is 25.6. The molecule has 1 aliphatic rings. The first-order valence-corrected chi connectivity index (χ1v) is 6.55. The second-order valence-corrected chi connectivity index (χ2v) is 4.95. The van der Waals surface area contributed by atoms with Crippen LogP contribution in [0.2, 0.25) is 6.82 Å². The molecule has 3 rings (SSSR count). The summed E-state index contributed by atoms with van der Waals surface area (Å²) in [7, 11) is 0. The maximum absolute atomic E-state index is 12.2. The van der Waals surface area contributed by atoms with E-state index in [0.717, 1.165) is 11.1 Å². The fourth-order valence-electron chi connectivity index (χ4n) is 2.48. The van der Waals surface area contributed by atoms with Crippen LogP contribution in [0.1, 0.15) is 21.5 Å². The Kier molecular flexibility index (Phi) is 13.1. The Labute approximate surface area is 191 Å². The Bertz CT molecular complexity index is 618. The number of Topliss-reactive ketones (excluding diaryl/α,β-unsaturated/α-hetero) is 1. The molecule has 0 amide bonds. The zero-order valence-corrected chi connectivity index (χ0v) is 19.8. The number of benzene rings is 2. The molecule has 0 unspecified atom stereocenters. The zero-order valence-electron chi connectivity index (χ0n) is 14.1. The van der Waals surface area contributed by atoms with E-state index < -0.39 is 0 Å². The van der Waals surface area contributed by atoms with Crippen molar-refractivity contribution in [1.82, 2.24) is 0 Å². The van der Waals surface area contributed by atoms with Gasteiger partial charge < -0.3 is 19.5 Å². The van der Waals surface area contributed by atoms with Gasteiger partial charge in [0, 0.05) is 77.4 Å². The molecule has 0 N–H and O–H groups in total. The van der Waals surface area contributed by atoms with Crippen LogP contribution in [0.15, 0.2) is 48.5 Å². The molecule has 0 spiro atoms. The van der Waals surface area contributed by atoms with Crippen molar-refractivity contribution in [1.29, 1.82) is 0 Å². The van der Waals surface area contributed by atoms with Crippen LogP contribution < -0.4 is 5.46 Å². The standard InChI is InChI=1S/C16H15BO2.2CH3.2Y/c1-17-15-9-12(7-8-14(15)11-19-17)10-16(18)13-5-3-2-4-6-13;;;;/h2-9H,10-11H2,1H3;2*1H3;;/q;2*-1;;. The van der Waals surface area contributed by atoms with E-state index in [1.807, 2.05) is 36.4 Å². The SMILES string of the molecule is CB1OCc2ccc(CC(=O)c3ccccc3)cc21.[CH3-].[CH3-].[Y].[Y]. The predicted molar refractivity (Wildman–Crippen MR) is 89.8 cm³/mol. The van der Waals surface area contributed by atoms with Crippen molar-refractivity contribution in [3.8, 4) is 0 Å². The summed E-state index contributed by atoms with van der Waals surface area (Å²) >= 11 is 0. The van der Waals surface area contributed by atoms with Gasteiger partial charge in [-0.2, -0.15) is 0 Å². The summed E-state index contributed by atoms with van der Waals surface area (Å²) in [5.41, 5.74) is 4.29. The van der Waals surface area contributed by atoms with Crippen molar-refractivity contribution < 1.29 is 74.9 Å². The molecule has 2 aromatic carbocycles. The maximum Gasteiger partial charge on any atom is 0.324 e. The largest absolute Gasteiger partial charge is 0.427 e. The third-order valence-electron chi connectivity index (χ3n) is 3.60. The number of carbonyl (C=O) groups excluding carboxylic acids is 1. The van der Waals surface area contributed by atoms with Crippen LogP contribution >= 0.6 is 0 Å². The van der Waals surface area contributed by atoms with Gasteiger partial charge in [0.2, 0.25) is 0 Å². The van der Waals surface area contributed by atoms with Crippen molar-refractivity contribution in [3.05, 3.63) is 80.1 Å². The average molecular weight is 458 g/mol. The van der Waals surface area contributed by atoms with Crippen LogP contribution in [0.3, 0.4) is 0 Å². The smallest absolute Gasteiger partial charge is 0.324 e. The number of carbonyl (C=O) groups is 1. The van der Waals surface area contributed by atoms with Crippen molar-refractivity contribution in [2.24, 2.45) is 0 Å². The van der Waals surface area contributed by atoms with Crippen LogP contribution in [0, 0.1) is 14.9 Å². The summed E-state index contributed by atoms with van der Waals surface area (Å²) in [5, 5.41) is 0. The monoisotopic (exact) mass is 458 g/mol. The Balaban J connectivity index is 0. The van der Waals surface area contributed by atoms with Gasteiger partial charge in [-0.3, -0.25) is 4.79 Å². The number of hydrogen-bond acceptors (Lipinski definition) is 2. The normalized spacial score (nSPS) is 11.1. The molecule has 0 aromatic heterocycles. The second kappa shape index (κ2) is 11.8. The van der Waals surface area contributed by atoms with Gasteiger partial charge in [0.05, 0.1) is 6.61 Å². The summed E-state index contributed by atoms with van der Waals surface area (Å²) in [4.78, 5) is 12.2. The van der Waals surface area contributed by atoms with E-state index in [9.17, 15) is 4.79 Å². The van der Waals surface area contributed by atoms with Crippen LogP contribution in [-0.4, -0.2) is 12.7 Å². The molecule has 0 aliphatic carbocycles. The van der Waals surface area contributed by atoms with Gasteiger partial charge in [-0.05, 0) is 16.6 Å². The van der Waals surface area contributed by atoms with Crippen LogP contribution in [0.25, 0.3) is 0 Å². The summed E-state index contributed by atoms with van der Waals surface area (Å²) in [6.07, 6.45) is 0.448. The second-order valence-electron chi connectivity index (χ2n) is 4.95. The Hall–Kier alpha value is 0.343. The summed E-state index contributed by atoms with van der Waals surface area (Å²) in [6.45, 7) is 2.87. The van der Waals surface area contributed by atoms with Gasteiger partial charge in [-0.25, -0.2) is 0 Å². The molecule has 2 radical (unpaired) electrons. The van der Waals surface area contributed by atoms with Gasteiger partial charge in [-0.1, -0.05) is 55.4 Å².